The summed E-state index contributed by atoms with van der Waals surface area (Å²) < 4.78 is 0. The molecule has 0 unspecified atom stereocenters. The summed E-state index contributed by atoms with van der Waals surface area (Å²) in [6, 6.07) is 18.8. The number of nitrogens with two attached hydrogens (primary N) is 1. The van der Waals surface area contributed by atoms with Crippen LogP contribution in [0.15, 0.2) is 60.8 Å². The van der Waals surface area contributed by atoms with Gasteiger partial charge in [0.1, 0.15) is 0 Å². The molecule has 0 atom stereocenters. The fourth-order valence-electron chi connectivity index (χ4n) is 1.89. The third kappa shape index (κ3) is 3.14. The van der Waals surface area contributed by atoms with E-state index in [9.17, 15) is 0 Å². The van der Waals surface area contributed by atoms with Crippen molar-refractivity contribution in [2.75, 3.05) is 7.05 Å². The maximum absolute atomic E-state index is 5.91. The van der Waals surface area contributed by atoms with Crippen molar-refractivity contribution in [3.8, 4) is 0 Å². The summed E-state index contributed by atoms with van der Waals surface area (Å²) in [5, 5.41) is 2.93. The van der Waals surface area contributed by atoms with Crippen LogP contribution in [0.4, 0.5) is 0 Å². The van der Waals surface area contributed by atoms with E-state index < -0.39 is 0 Å². The zero-order valence-electron chi connectivity index (χ0n) is 10.6. The van der Waals surface area contributed by atoms with Gasteiger partial charge in [-0.3, -0.25) is 0 Å². The van der Waals surface area contributed by atoms with Crippen LogP contribution in [0.5, 0.6) is 0 Å². The van der Waals surface area contributed by atoms with Gasteiger partial charge >= 0.3 is 0 Å². The Kier molecular flexibility index (Phi) is 4.02. The summed E-state index contributed by atoms with van der Waals surface area (Å²) in [7, 11) is 1.84. The summed E-state index contributed by atoms with van der Waals surface area (Å²) in [4.78, 5) is 0. The summed E-state index contributed by atoms with van der Waals surface area (Å²) in [6.45, 7) is 0. The molecule has 18 heavy (non-hydrogen) atoms. The molecule has 0 heterocycles. The molecule has 0 saturated heterocycles. The molecule has 2 aromatic rings. The molecule has 0 amide bonds. The molecule has 0 aliphatic carbocycles. The second-order valence-corrected chi connectivity index (χ2v) is 4.25. The van der Waals surface area contributed by atoms with E-state index in [1.807, 2.05) is 13.1 Å². The largest absolute Gasteiger partial charge is 0.397 e. The lowest BCUT2D eigenvalue weighted by Gasteiger charge is -2.05. The fourth-order valence-corrected chi connectivity index (χ4v) is 1.89. The number of rotatable bonds is 4. The smallest absolute Gasteiger partial charge is 0.0547 e. The molecule has 2 heteroatoms. The van der Waals surface area contributed by atoms with E-state index >= 15 is 0 Å². The van der Waals surface area contributed by atoms with Gasteiger partial charge in [0.15, 0.2) is 0 Å². The quantitative estimate of drug-likeness (QED) is 0.859. The normalized spacial score (nSPS) is 11.3. The molecule has 0 aliphatic heterocycles. The monoisotopic (exact) mass is 238 g/mol. The molecule has 0 bridgehead atoms. The highest BCUT2D eigenvalue weighted by Crippen LogP contribution is 2.13. The van der Waals surface area contributed by atoms with Gasteiger partial charge in [-0.1, -0.05) is 54.6 Å². The number of nitrogens with one attached hydrogen (secondary N) is 1. The lowest BCUT2D eigenvalue weighted by molar-refractivity contribution is 1.10. The summed E-state index contributed by atoms with van der Waals surface area (Å²) in [6.07, 6.45) is 2.75. The van der Waals surface area contributed by atoms with Crippen molar-refractivity contribution in [3.05, 3.63) is 77.5 Å². The van der Waals surface area contributed by atoms with E-state index in [0.717, 1.165) is 17.7 Å². The van der Waals surface area contributed by atoms with E-state index in [1.54, 1.807) is 6.20 Å². The predicted octanol–water partition coefficient (Wildman–Crippen LogP) is 2.75. The zero-order chi connectivity index (χ0) is 12.8. The van der Waals surface area contributed by atoms with Crippen molar-refractivity contribution in [3.63, 3.8) is 0 Å². The molecule has 2 nitrogen and oxygen atoms in total. The highest BCUT2D eigenvalue weighted by molar-refractivity contribution is 5.62. The minimum atomic E-state index is 0.753. The lowest BCUT2D eigenvalue weighted by Crippen LogP contribution is -2.03. The first kappa shape index (κ1) is 12.2. The third-order valence-electron chi connectivity index (χ3n) is 2.84. The van der Waals surface area contributed by atoms with Crippen molar-refractivity contribution >= 4 is 5.70 Å². The molecular formula is C16H18N2. The van der Waals surface area contributed by atoms with Gasteiger partial charge in [0.2, 0.25) is 0 Å². The molecular weight excluding hydrogens is 220 g/mol. The fraction of sp³-hybridized carbons (Fsp3) is 0.125. The van der Waals surface area contributed by atoms with Gasteiger partial charge in [-0.05, 0) is 23.1 Å². The predicted molar refractivity (Wildman–Crippen MR) is 76.9 cm³/mol. The van der Waals surface area contributed by atoms with Crippen LogP contribution < -0.4 is 11.1 Å². The molecule has 0 radical (unpaired) electrons. The molecule has 0 saturated carbocycles. The SMILES string of the molecule is CN/C=C(\N)c1ccc(Cc2ccccc2)cc1. The second-order valence-electron chi connectivity index (χ2n) is 4.25. The first-order valence-corrected chi connectivity index (χ1v) is 6.06. The van der Waals surface area contributed by atoms with E-state index in [1.165, 1.54) is 11.1 Å². The van der Waals surface area contributed by atoms with Crippen molar-refractivity contribution in [2.45, 2.75) is 6.42 Å². The van der Waals surface area contributed by atoms with E-state index in [4.69, 9.17) is 5.73 Å². The van der Waals surface area contributed by atoms with Crippen LogP contribution in [-0.2, 0) is 6.42 Å². The first-order chi connectivity index (χ1) is 8.79. The van der Waals surface area contributed by atoms with Crippen molar-refractivity contribution in [2.24, 2.45) is 5.73 Å². The van der Waals surface area contributed by atoms with E-state index in [0.29, 0.717) is 0 Å². The Labute approximate surface area is 108 Å². The van der Waals surface area contributed by atoms with Crippen LogP contribution in [0.1, 0.15) is 16.7 Å². The Bertz CT molecular complexity index is 513. The summed E-state index contributed by atoms with van der Waals surface area (Å²) in [5.41, 5.74) is 10.3. The van der Waals surface area contributed by atoms with Gasteiger partial charge in [-0.25, -0.2) is 0 Å². The molecule has 2 aromatic carbocycles. The summed E-state index contributed by atoms with van der Waals surface area (Å²) >= 11 is 0. The van der Waals surface area contributed by atoms with Crippen LogP contribution in [0, 0.1) is 0 Å². The Hall–Kier alpha value is -2.22. The van der Waals surface area contributed by atoms with Crippen LogP contribution >= 0.6 is 0 Å². The van der Waals surface area contributed by atoms with Gasteiger partial charge in [0.05, 0.1) is 5.70 Å². The van der Waals surface area contributed by atoms with Crippen LogP contribution in [0.25, 0.3) is 5.70 Å². The van der Waals surface area contributed by atoms with Crippen LogP contribution in [0.2, 0.25) is 0 Å². The Morgan fingerprint density at radius 3 is 2.22 bits per heavy atom. The molecule has 0 aliphatic rings. The van der Waals surface area contributed by atoms with Gasteiger partial charge in [-0.2, -0.15) is 0 Å². The van der Waals surface area contributed by atoms with Crippen molar-refractivity contribution in [1.29, 1.82) is 0 Å². The van der Waals surface area contributed by atoms with Crippen molar-refractivity contribution in [1.82, 2.24) is 5.32 Å². The molecule has 3 N–H and O–H groups in total. The highest BCUT2D eigenvalue weighted by atomic mass is 14.8. The lowest BCUT2D eigenvalue weighted by atomic mass is 10.0. The maximum Gasteiger partial charge on any atom is 0.0547 e. The Balaban J connectivity index is 2.11. The highest BCUT2D eigenvalue weighted by Gasteiger charge is 1.98. The average Bonchev–Trinajstić information content (AvgIpc) is 2.41. The molecule has 2 rings (SSSR count). The van der Waals surface area contributed by atoms with Gasteiger partial charge in [-0.15, -0.1) is 0 Å². The first-order valence-electron chi connectivity index (χ1n) is 6.06. The molecule has 0 spiro atoms. The number of hydrogen-bond donors (Lipinski definition) is 2. The summed E-state index contributed by atoms with van der Waals surface area (Å²) in [5.74, 6) is 0. The van der Waals surface area contributed by atoms with Gasteiger partial charge in [0, 0.05) is 13.2 Å². The maximum atomic E-state index is 5.91. The average molecular weight is 238 g/mol. The molecule has 92 valence electrons. The minimum absolute atomic E-state index is 0.753. The number of benzene rings is 2. The Morgan fingerprint density at radius 1 is 1.00 bits per heavy atom. The van der Waals surface area contributed by atoms with Crippen LogP contribution in [-0.4, -0.2) is 7.05 Å². The van der Waals surface area contributed by atoms with Gasteiger partial charge in [0.25, 0.3) is 0 Å². The third-order valence-corrected chi connectivity index (χ3v) is 2.84. The van der Waals surface area contributed by atoms with E-state index in [-0.39, 0.29) is 0 Å². The van der Waals surface area contributed by atoms with Crippen LogP contribution in [0.3, 0.4) is 0 Å². The molecule has 0 fully saturated rings. The zero-order valence-corrected chi connectivity index (χ0v) is 10.6. The number of hydrogen-bond acceptors (Lipinski definition) is 2. The van der Waals surface area contributed by atoms with Gasteiger partial charge < -0.3 is 11.1 Å². The Morgan fingerprint density at radius 2 is 1.61 bits per heavy atom. The standard InChI is InChI=1S/C16H18N2/c1-18-12-16(17)15-9-7-14(8-10-15)11-13-5-3-2-4-6-13/h2-10,12,18H,11,17H2,1H3/b16-12-. The van der Waals surface area contributed by atoms with Crippen molar-refractivity contribution < 1.29 is 0 Å². The molecule has 0 aromatic heterocycles. The van der Waals surface area contributed by atoms with E-state index in [2.05, 4.69) is 53.8 Å². The second kappa shape index (κ2) is 5.92. The minimum Gasteiger partial charge on any atom is -0.397 e. The topological polar surface area (TPSA) is 38.0 Å².